The van der Waals surface area contributed by atoms with Crippen LogP contribution in [0.2, 0.25) is 0 Å². The maximum atomic E-state index is 12.9. The van der Waals surface area contributed by atoms with E-state index in [1.165, 1.54) is 38.1 Å². The number of amides is 1. The zero-order valence-corrected chi connectivity index (χ0v) is 18.6. The molecule has 0 aliphatic heterocycles. The fourth-order valence-electron chi connectivity index (χ4n) is 3.43. The van der Waals surface area contributed by atoms with Crippen LogP contribution in [0, 0.1) is 6.92 Å². The van der Waals surface area contributed by atoms with Crippen molar-refractivity contribution in [2.24, 2.45) is 7.05 Å². The number of pyridine rings is 1. The molecule has 9 heteroatoms. The summed E-state index contributed by atoms with van der Waals surface area (Å²) in [6, 6.07) is 13.7. The van der Waals surface area contributed by atoms with Crippen LogP contribution in [0.1, 0.15) is 15.9 Å². The number of anilines is 1. The first-order valence-electron chi connectivity index (χ1n) is 10.1. The number of rotatable bonds is 5. The van der Waals surface area contributed by atoms with Crippen LogP contribution in [-0.2, 0) is 7.05 Å². The lowest BCUT2D eigenvalue weighted by Crippen LogP contribution is -2.38. The molecule has 4 rings (SSSR count). The average molecular weight is 446 g/mol. The Bertz CT molecular complexity index is 1460. The third-order valence-corrected chi connectivity index (χ3v) is 5.26. The summed E-state index contributed by atoms with van der Waals surface area (Å²) in [5.74, 6) is 0.546. The zero-order valence-electron chi connectivity index (χ0n) is 18.6. The van der Waals surface area contributed by atoms with Crippen LogP contribution in [0.3, 0.4) is 0 Å². The largest absolute Gasteiger partial charge is 0.497 e. The second-order valence-electron chi connectivity index (χ2n) is 7.47. The molecule has 0 saturated heterocycles. The van der Waals surface area contributed by atoms with E-state index in [9.17, 15) is 14.4 Å². The third-order valence-electron chi connectivity index (χ3n) is 5.26. The molecule has 9 nitrogen and oxygen atoms in total. The van der Waals surface area contributed by atoms with Crippen molar-refractivity contribution in [1.82, 2.24) is 14.1 Å². The van der Waals surface area contributed by atoms with E-state index < -0.39 is 17.2 Å². The zero-order chi connectivity index (χ0) is 23.7. The first kappa shape index (κ1) is 21.8. The molecule has 0 saturated carbocycles. The van der Waals surface area contributed by atoms with Gasteiger partial charge >= 0.3 is 5.69 Å². The molecule has 0 aliphatic carbocycles. The number of benzene rings is 2. The fraction of sp³-hybridized carbons (Fsp3) is 0.167. The summed E-state index contributed by atoms with van der Waals surface area (Å²) < 4.78 is 12.8. The van der Waals surface area contributed by atoms with Crippen molar-refractivity contribution in [3.63, 3.8) is 0 Å². The van der Waals surface area contributed by atoms with Crippen molar-refractivity contribution < 1.29 is 14.3 Å². The molecular formula is C24H22N4O5. The molecule has 0 spiro atoms. The van der Waals surface area contributed by atoms with Crippen molar-refractivity contribution in [3.8, 4) is 17.2 Å². The molecule has 4 aromatic rings. The number of nitrogens with one attached hydrogen (secondary N) is 1. The van der Waals surface area contributed by atoms with Gasteiger partial charge in [-0.05, 0) is 25.1 Å². The highest BCUT2D eigenvalue weighted by molar-refractivity contribution is 6.05. The van der Waals surface area contributed by atoms with Gasteiger partial charge in [0.05, 0.1) is 30.9 Å². The Morgan fingerprint density at radius 2 is 1.61 bits per heavy atom. The minimum Gasteiger partial charge on any atom is -0.497 e. The fourth-order valence-corrected chi connectivity index (χ4v) is 3.43. The topological polar surface area (TPSA) is 104 Å². The summed E-state index contributed by atoms with van der Waals surface area (Å²) in [6.45, 7) is 1.94. The lowest BCUT2D eigenvalue weighted by atomic mass is 10.2. The highest BCUT2D eigenvalue weighted by Crippen LogP contribution is 2.26. The van der Waals surface area contributed by atoms with Crippen molar-refractivity contribution in [3.05, 3.63) is 86.7 Å². The van der Waals surface area contributed by atoms with Crippen molar-refractivity contribution in [2.75, 3.05) is 19.5 Å². The lowest BCUT2D eigenvalue weighted by molar-refractivity contribution is 0.102. The van der Waals surface area contributed by atoms with Gasteiger partial charge in [0.15, 0.2) is 5.65 Å². The van der Waals surface area contributed by atoms with Crippen molar-refractivity contribution in [1.29, 1.82) is 0 Å². The molecule has 0 fully saturated rings. The van der Waals surface area contributed by atoms with Crippen LogP contribution in [-0.4, -0.2) is 34.2 Å². The molecule has 0 aliphatic rings. The van der Waals surface area contributed by atoms with Gasteiger partial charge in [0.25, 0.3) is 11.5 Å². The smallest absolute Gasteiger partial charge is 0.337 e. The molecule has 33 heavy (non-hydrogen) atoms. The van der Waals surface area contributed by atoms with Gasteiger partial charge in [-0.15, -0.1) is 0 Å². The van der Waals surface area contributed by atoms with Gasteiger partial charge in [-0.3, -0.25) is 14.2 Å². The molecule has 0 radical (unpaired) electrons. The normalized spacial score (nSPS) is 10.8. The van der Waals surface area contributed by atoms with Gasteiger partial charge in [0.2, 0.25) is 0 Å². The first-order chi connectivity index (χ1) is 15.8. The second-order valence-corrected chi connectivity index (χ2v) is 7.47. The van der Waals surface area contributed by atoms with E-state index in [1.807, 2.05) is 19.1 Å². The lowest BCUT2D eigenvalue weighted by Gasteiger charge is -2.13. The van der Waals surface area contributed by atoms with Gasteiger partial charge < -0.3 is 14.8 Å². The number of methoxy groups -OCH3 is 2. The number of hydrogen-bond donors (Lipinski definition) is 1. The van der Waals surface area contributed by atoms with E-state index in [1.54, 1.807) is 30.3 Å². The van der Waals surface area contributed by atoms with Crippen LogP contribution in [0.15, 0.2) is 64.3 Å². The van der Waals surface area contributed by atoms with E-state index in [4.69, 9.17) is 9.47 Å². The Labute approximate surface area is 188 Å². The van der Waals surface area contributed by atoms with Gasteiger partial charge in [0, 0.05) is 37.1 Å². The van der Waals surface area contributed by atoms with Gasteiger partial charge in [-0.2, -0.15) is 0 Å². The molecule has 0 bridgehead atoms. The van der Waals surface area contributed by atoms with Crippen LogP contribution in [0.5, 0.6) is 11.5 Å². The van der Waals surface area contributed by atoms with Crippen LogP contribution in [0.4, 0.5) is 5.69 Å². The first-order valence-corrected chi connectivity index (χ1v) is 10.1. The number of aryl methyl sites for hydroxylation is 1. The summed E-state index contributed by atoms with van der Waals surface area (Å²) in [5.41, 5.74) is 1.32. The molecule has 0 unspecified atom stereocenters. The predicted octanol–water partition coefficient (Wildman–Crippen LogP) is 2.66. The Morgan fingerprint density at radius 3 is 2.21 bits per heavy atom. The second kappa shape index (κ2) is 8.62. The summed E-state index contributed by atoms with van der Waals surface area (Å²) in [5, 5.41) is 2.90. The van der Waals surface area contributed by atoms with Crippen LogP contribution >= 0.6 is 0 Å². The Balaban J connectivity index is 1.80. The van der Waals surface area contributed by atoms with Crippen LogP contribution in [0.25, 0.3) is 16.7 Å². The molecular weight excluding hydrogens is 424 g/mol. The highest BCUT2D eigenvalue weighted by atomic mass is 16.5. The maximum absolute atomic E-state index is 12.9. The van der Waals surface area contributed by atoms with Crippen LogP contribution < -0.4 is 26.0 Å². The molecule has 1 amide bonds. The number of hydrogen-bond acceptors (Lipinski definition) is 6. The number of nitrogens with zero attached hydrogens (tertiary/aromatic N) is 3. The molecule has 0 atom stereocenters. The summed E-state index contributed by atoms with van der Waals surface area (Å²) in [4.78, 5) is 42.9. The Hall–Kier alpha value is -4.40. The molecule has 1 N–H and O–H groups in total. The Kier molecular flexibility index (Phi) is 5.70. The number of ether oxygens (including phenoxy) is 2. The van der Waals surface area contributed by atoms with Crippen molar-refractivity contribution >= 4 is 22.6 Å². The number of fused-ring (bicyclic) bond motifs is 1. The quantitative estimate of drug-likeness (QED) is 0.505. The van der Waals surface area contributed by atoms with Gasteiger partial charge in [0.1, 0.15) is 11.5 Å². The van der Waals surface area contributed by atoms with E-state index in [0.717, 1.165) is 10.1 Å². The van der Waals surface area contributed by atoms with Crippen molar-refractivity contribution in [2.45, 2.75) is 6.92 Å². The van der Waals surface area contributed by atoms with Gasteiger partial charge in [-0.25, -0.2) is 14.3 Å². The molecule has 2 aromatic carbocycles. The highest BCUT2D eigenvalue weighted by Gasteiger charge is 2.17. The predicted molar refractivity (Wildman–Crippen MR) is 125 cm³/mol. The number of aromatic nitrogens is 3. The minimum atomic E-state index is -0.538. The monoisotopic (exact) mass is 446 g/mol. The average Bonchev–Trinajstić information content (AvgIpc) is 2.83. The minimum absolute atomic E-state index is 0.147. The molecule has 168 valence electrons. The maximum Gasteiger partial charge on any atom is 0.337 e. The summed E-state index contributed by atoms with van der Waals surface area (Å²) in [7, 11) is 4.41. The van der Waals surface area contributed by atoms with E-state index in [-0.39, 0.29) is 16.6 Å². The molecule has 2 aromatic heterocycles. The third kappa shape index (κ3) is 4.08. The standard InChI is InChI=1S/C24H22N4O5/c1-14-5-7-17(8-6-14)28-21-20(23(30)27(2)24(28)31)9-15(13-25-21)22(29)26-16-10-18(32-3)12-19(11-16)33-4/h5-13H,1-4H3,(H,26,29). The SMILES string of the molecule is COc1cc(NC(=O)c2cnc3c(c2)c(=O)n(C)c(=O)n3-c2ccc(C)cc2)cc(OC)c1. The Morgan fingerprint density at radius 1 is 0.970 bits per heavy atom. The van der Waals surface area contributed by atoms with E-state index in [2.05, 4.69) is 10.3 Å². The number of carbonyl (C=O) groups is 1. The van der Waals surface area contributed by atoms with E-state index >= 15 is 0 Å². The summed E-state index contributed by atoms with van der Waals surface area (Å²) in [6.07, 6.45) is 1.33. The summed E-state index contributed by atoms with van der Waals surface area (Å²) >= 11 is 0. The van der Waals surface area contributed by atoms with Gasteiger partial charge in [-0.1, -0.05) is 17.7 Å². The molecule has 2 heterocycles. The number of carbonyl (C=O) groups excluding carboxylic acids is 1. The van der Waals surface area contributed by atoms with E-state index in [0.29, 0.717) is 22.9 Å².